The van der Waals surface area contributed by atoms with Crippen LogP contribution in [-0.2, 0) is 6.54 Å². The Hall–Kier alpha value is -0.590. The third-order valence-electron chi connectivity index (χ3n) is 1.82. The molecule has 0 unspecified atom stereocenters. The van der Waals surface area contributed by atoms with Gasteiger partial charge in [0.1, 0.15) is 0 Å². The first-order chi connectivity index (χ1) is 7.13. The predicted octanol–water partition coefficient (Wildman–Crippen LogP) is 1.64. The topological polar surface area (TPSA) is 52.6 Å². The van der Waals surface area contributed by atoms with E-state index in [0.717, 1.165) is 8.66 Å². The maximum absolute atomic E-state index is 11.4. The second-order valence-electron chi connectivity index (χ2n) is 3.01. The molecule has 0 radical (unpaired) electrons. The molecule has 4 nitrogen and oxygen atoms in total. The number of likely N-dealkylation sites (N-methyl/N-ethyl adjacent to an activating group) is 1. The normalized spacial score (nSPS) is 10.1. The number of halogens is 1. The molecule has 0 aliphatic heterocycles. The number of nitrogens with zero attached hydrogens (tertiary/aromatic N) is 1. The number of hydrogen-bond acceptors (Lipinski definition) is 3. The highest BCUT2D eigenvalue weighted by molar-refractivity contribution is 9.11. The van der Waals surface area contributed by atoms with Crippen molar-refractivity contribution in [2.45, 2.75) is 6.54 Å². The lowest BCUT2D eigenvalue weighted by Gasteiger charge is -2.15. The fourth-order valence-corrected chi connectivity index (χ4v) is 2.42. The zero-order chi connectivity index (χ0) is 11.3. The van der Waals surface area contributed by atoms with E-state index >= 15 is 0 Å². The Kier molecular flexibility index (Phi) is 5.07. The predicted molar refractivity (Wildman–Crippen MR) is 64.0 cm³/mol. The molecule has 0 saturated carbocycles. The average Bonchev–Trinajstić information content (AvgIpc) is 2.61. The molecule has 1 aromatic heterocycles. The van der Waals surface area contributed by atoms with Crippen LogP contribution in [0, 0.1) is 0 Å². The molecule has 0 bridgehead atoms. The first kappa shape index (κ1) is 12.5. The van der Waals surface area contributed by atoms with E-state index in [1.807, 2.05) is 12.1 Å². The number of urea groups is 1. The lowest BCUT2D eigenvalue weighted by molar-refractivity contribution is 0.190. The van der Waals surface area contributed by atoms with Gasteiger partial charge >= 0.3 is 6.03 Å². The maximum atomic E-state index is 11.4. The minimum Gasteiger partial charge on any atom is -0.395 e. The number of nitrogens with one attached hydrogen (secondary N) is 1. The van der Waals surface area contributed by atoms with Crippen molar-refractivity contribution in [2.75, 3.05) is 20.2 Å². The molecule has 0 aromatic carbocycles. The third-order valence-corrected chi connectivity index (χ3v) is 3.45. The lowest BCUT2D eigenvalue weighted by atomic mass is 10.4. The Morgan fingerprint density at radius 2 is 2.40 bits per heavy atom. The summed E-state index contributed by atoms with van der Waals surface area (Å²) in [7, 11) is 1.65. The van der Waals surface area contributed by atoms with Crippen molar-refractivity contribution in [3.8, 4) is 0 Å². The molecule has 0 aliphatic rings. The lowest BCUT2D eigenvalue weighted by Crippen LogP contribution is -2.38. The summed E-state index contributed by atoms with van der Waals surface area (Å²) in [5, 5.41) is 11.4. The Bertz CT molecular complexity index is 330. The van der Waals surface area contributed by atoms with Crippen molar-refractivity contribution in [1.82, 2.24) is 10.2 Å². The average molecular weight is 293 g/mol. The van der Waals surface area contributed by atoms with Crippen LogP contribution >= 0.6 is 27.3 Å². The number of rotatable bonds is 4. The summed E-state index contributed by atoms with van der Waals surface area (Å²) < 4.78 is 1.05. The number of aliphatic hydroxyl groups is 1. The highest BCUT2D eigenvalue weighted by atomic mass is 79.9. The molecule has 15 heavy (non-hydrogen) atoms. The summed E-state index contributed by atoms with van der Waals surface area (Å²) in [6, 6.07) is 3.73. The Balaban J connectivity index is 2.34. The second-order valence-corrected chi connectivity index (χ2v) is 5.56. The summed E-state index contributed by atoms with van der Waals surface area (Å²) in [5.74, 6) is 0. The largest absolute Gasteiger partial charge is 0.395 e. The van der Waals surface area contributed by atoms with Gasteiger partial charge in [0.05, 0.1) is 16.9 Å². The summed E-state index contributed by atoms with van der Waals surface area (Å²) in [4.78, 5) is 13.9. The van der Waals surface area contributed by atoms with Gasteiger partial charge in [0.25, 0.3) is 0 Å². The molecule has 84 valence electrons. The van der Waals surface area contributed by atoms with Crippen LogP contribution in [0.5, 0.6) is 0 Å². The van der Waals surface area contributed by atoms with Crippen LogP contribution in [0.3, 0.4) is 0 Å². The van der Waals surface area contributed by atoms with Crippen molar-refractivity contribution >= 4 is 33.3 Å². The number of amides is 2. The number of carbonyl (C=O) groups is 1. The molecule has 2 amide bonds. The van der Waals surface area contributed by atoms with Gasteiger partial charge in [0, 0.05) is 18.5 Å². The van der Waals surface area contributed by atoms with Gasteiger partial charge in [-0.15, -0.1) is 11.3 Å². The molecule has 6 heteroatoms. The van der Waals surface area contributed by atoms with E-state index < -0.39 is 0 Å². The van der Waals surface area contributed by atoms with Crippen molar-refractivity contribution in [1.29, 1.82) is 0 Å². The van der Waals surface area contributed by atoms with Crippen molar-refractivity contribution < 1.29 is 9.90 Å². The maximum Gasteiger partial charge on any atom is 0.317 e. The second kappa shape index (κ2) is 6.09. The summed E-state index contributed by atoms with van der Waals surface area (Å²) in [5.41, 5.74) is 0. The molecular formula is C9H13BrN2O2S. The summed E-state index contributed by atoms with van der Waals surface area (Å²) >= 11 is 4.94. The molecule has 2 N–H and O–H groups in total. The third kappa shape index (κ3) is 4.19. The van der Waals surface area contributed by atoms with Crippen LogP contribution < -0.4 is 5.32 Å². The van der Waals surface area contributed by atoms with Gasteiger partial charge in [-0.1, -0.05) is 0 Å². The summed E-state index contributed by atoms with van der Waals surface area (Å²) in [6.45, 7) is 0.847. The molecule has 1 rings (SSSR count). The minimum absolute atomic E-state index is 0.0194. The number of thiophene rings is 1. The van der Waals surface area contributed by atoms with Crippen molar-refractivity contribution in [2.24, 2.45) is 0 Å². The Morgan fingerprint density at radius 3 is 2.93 bits per heavy atom. The Labute approximate surface area is 101 Å². The van der Waals surface area contributed by atoms with E-state index in [4.69, 9.17) is 5.11 Å². The quantitative estimate of drug-likeness (QED) is 0.887. The standard InChI is InChI=1S/C9H13BrN2O2S/c1-12(4-5-13)9(14)11-6-7-2-3-8(10)15-7/h2-3,13H,4-6H2,1H3,(H,11,14). The van der Waals surface area contributed by atoms with Crippen molar-refractivity contribution in [3.05, 3.63) is 20.8 Å². The van der Waals surface area contributed by atoms with Crippen LogP contribution in [0.25, 0.3) is 0 Å². The molecule has 0 saturated heterocycles. The highest BCUT2D eigenvalue weighted by Gasteiger charge is 2.07. The number of aliphatic hydroxyl groups excluding tert-OH is 1. The van der Waals surface area contributed by atoms with E-state index in [-0.39, 0.29) is 12.6 Å². The summed E-state index contributed by atoms with van der Waals surface area (Å²) in [6.07, 6.45) is 0. The van der Waals surface area contributed by atoms with Crippen LogP contribution in [0.1, 0.15) is 4.88 Å². The molecular weight excluding hydrogens is 280 g/mol. The first-order valence-corrected chi connectivity index (χ1v) is 6.08. The van der Waals surface area contributed by atoms with E-state index in [1.165, 1.54) is 4.90 Å². The van der Waals surface area contributed by atoms with E-state index in [2.05, 4.69) is 21.2 Å². The van der Waals surface area contributed by atoms with E-state index in [1.54, 1.807) is 18.4 Å². The van der Waals surface area contributed by atoms with Gasteiger partial charge in [0.15, 0.2) is 0 Å². The number of carbonyl (C=O) groups excluding carboxylic acids is 1. The molecule has 1 heterocycles. The Morgan fingerprint density at radius 1 is 1.67 bits per heavy atom. The minimum atomic E-state index is -0.173. The number of hydrogen-bond donors (Lipinski definition) is 2. The van der Waals surface area contributed by atoms with Crippen molar-refractivity contribution in [3.63, 3.8) is 0 Å². The van der Waals surface area contributed by atoms with Crippen LogP contribution in [0.2, 0.25) is 0 Å². The molecule has 0 spiro atoms. The van der Waals surface area contributed by atoms with Crippen LogP contribution in [0.4, 0.5) is 4.79 Å². The van der Waals surface area contributed by atoms with Gasteiger partial charge < -0.3 is 15.3 Å². The highest BCUT2D eigenvalue weighted by Crippen LogP contribution is 2.21. The monoisotopic (exact) mass is 292 g/mol. The molecule has 0 fully saturated rings. The molecule has 1 aromatic rings. The van der Waals surface area contributed by atoms with Crippen LogP contribution in [-0.4, -0.2) is 36.2 Å². The van der Waals surface area contributed by atoms with Crippen LogP contribution in [0.15, 0.2) is 15.9 Å². The van der Waals surface area contributed by atoms with Gasteiger partial charge in [-0.3, -0.25) is 0 Å². The molecule has 0 aliphatic carbocycles. The van der Waals surface area contributed by atoms with E-state index in [9.17, 15) is 4.79 Å². The molecule has 0 atom stereocenters. The zero-order valence-corrected chi connectivity index (χ0v) is 10.8. The SMILES string of the molecule is CN(CCO)C(=O)NCc1ccc(Br)s1. The zero-order valence-electron chi connectivity index (χ0n) is 8.36. The first-order valence-electron chi connectivity index (χ1n) is 4.47. The fourth-order valence-electron chi connectivity index (χ4n) is 0.996. The smallest absolute Gasteiger partial charge is 0.317 e. The van der Waals surface area contributed by atoms with Gasteiger partial charge in [-0.05, 0) is 28.1 Å². The van der Waals surface area contributed by atoms with Gasteiger partial charge in [-0.2, -0.15) is 0 Å². The van der Waals surface area contributed by atoms with Gasteiger partial charge in [0.2, 0.25) is 0 Å². The van der Waals surface area contributed by atoms with Gasteiger partial charge in [-0.25, -0.2) is 4.79 Å². The fraction of sp³-hybridized carbons (Fsp3) is 0.444. The van der Waals surface area contributed by atoms with E-state index in [0.29, 0.717) is 13.1 Å².